The Kier molecular flexibility index (Phi) is 5.75. The lowest BCUT2D eigenvalue weighted by molar-refractivity contribution is 0.400. The maximum atomic E-state index is 6.18. The van der Waals surface area contributed by atoms with Crippen molar-refractivity contribution in [3.05, 3.63) is 28.3 Å². The van der Waals surface area contributed by atoms with E-state index in [1.807, 2.05) is 26.1 Å². The van der Waals surface area contributed by atoms with Crippen LogP contribution in [0.3, 0.4) is 0 Å². The summed E-state index contributed by atoms with van der Waals surface area (Å²) in [6.45, 7) is 2.95. The first-order valence-electron chi connectivity index (χ1n) is 5.84. The van der Waals surface area contributed by atoms with Gasteiger partial charge in [0.25, 0.3) is 0 Å². The van der Waals surface area contributed by atoms with Crippen LogP contribution in [0.5, 0.6) is 5.75 Å². The van der Waals surface area contributed by atoms with Crippen LogP contribution in [0.25, 0.3) is 0 Å². The first-order chi connectivity index (χ1) is 8.10. The van der Waals surface area contributed by atoms with Crippen molar-refractivity contribution in [3.8, 4) is 5.75 Å². The fourth-order valence-electron chi connectivity index (χ4n) is 1.96. The summed E-state index contributed by atoms with van der Waals surface area (Å²) in [7, 11) is 3.61. The van der Waals surface area contributed by atoms with E-state index in [0.717, 1.165) is 36.3 Å². The summed E-state index contributed by atoms with van der Waals surface area (Å²) in [6, 6.07) is 3.76. The molecule has 1 aromatic rings. The van der Waals surface area contributed by atoms with Gasteiger partial charge in [-0.15, -0.1) is 0 Å². The van der Waals surface area contributed by atoms with Gasteiger partial charge in [-0.05, 0) is 51.1 Å². The van der Waals surface area contributed by atoms with Gasteiger partial charge in [-0.2, -0.15) is 0 Å². The van der Waals surface area contributed by atoms with Crippen molar-refractivity contribution in [2.75, 3.05) is 20.7 Å². The van der Waals surface area contributed by atoms with Crippen molar-refractivity contribution in [1.29, 1.82) is 0 Å². The van der Waals surface area contributed by atoms with Gasteiger partial charge in [-0.25, -0.2) is 0 Å². The maximum absolute atomic E-state index is 6.18. The SMILES string of the molecule is CNCCCC(N)c1cc(Cl)cc(C)c1OC. The van der Waals surface area contributed by atoms with Crippen LogP contribution in [0.4, 0.5) is 0 Å². The molecule has 3 nitrogen and oxygen atoms in total. The molecule has 1 atom stereocenters. The van der Waals surface area contributed by atoms with Gasteiger partial charge in [0, 0.05) is 16.6 Å². The number of methoxy groups -OCH3 is 1. The number of nitrogens with one attached hydrogen (secondary N) is 1. The molecule has 0 bridgehead atoms. The molecular formula is C13H21ClN2O. The molecule has 0 aromatic heterocycles. The molecule has 1 aromatic carbocycles. The van der Waals surface area contributed by atoms with Crippen molar-refractivity contribution >= 4 is 11.6 Å². The highest BCUT2D eigenvalue weighted by Crippen LogP contribution is 2.32. The number of halogens is 1. The molecule has 0 spiro atoms. The molecular weight excluding hydrogens is 236 g/mol. The lowest BCUT2D eigenvalue weighted by atomic mass is 9.99. The highest BCUT2D eigenvalue weighted by atomic mass is 35.5. The lowest BCUT2D eigenvalue weighted by Crippen LogP contribution is -2.15. The van der Waals surface area contributed by atoms with Gasteiger partial charge < -0.3 is 15.8 Å². The third kappa shape index (κ3) is 3.87. The van der Waals surface area contributed by atoms with Crippen molar-refractivity contribution in [1.82, 2.24) is 5.32 Å². The number of hydrogen-bond donors (Lipinski definition) is 2. The quantitative estimate of drug-likeness (QED) is 0.770. The first-order valence-corrected chi connectivity index (χ1v) is 6.22. The Balaban J connectivity index is 2.87. The third-order valence-electron chi connectivity index (χ3n) is 2.81. The van der Waals surface area contributed by atoms with Crippen LogP contribution in [-0.4, -0.2) is 20.7 Å². The zero-order chi connectivity index (χ0) is 12.8. The van der Waals surface area contributed by atoms with E-state index in [1.165, 1.54) is 0 Å². The van der Waals surface area contributed by atoms with Gasteiger partial charge >= 0.3 is 0 Å². The van der Waals surface area contributed by atoms with Crippen LogP contribution in [-0.2, 0) is 0 Å². The second-order valence-corrected chi connectivity index (χ2v) is 4.63. The molecule has 4 heteroatoms. The van der Waals surface area contributed by atoms with E-state index in [1.54, 1.807) is 7.11 Å². The second-order valence-electron chi connectivity index (χ2n) is 4.20. The largest absolute Gasteiger partial charge is 0.496 e. The summed E-state index contributed by atoms with van der Waals surface area (Å²) >= 11 is 6.06. The minimum absolute atomic E-state index is 0.0318. The molecule has 0 fully saturated rings. The number of aryl methyl sites for hydroxylation is 1. The van der Waals surface area contributed by atoms with Crippen LogP contribution in [0.2, 0.25) is 5.02 Å². The summed E-state index contributed by atoms with van der Waals surface area (Å²) in [4.78, 5) is 0. The zero-order valence-corrected chi connectivity index (χ0v) is 11.5. The Bertz CT molecular complexity index is 369. The fraction of sp³-hybridized carbons (Fsp3) is 0.538. The molecule has 3 N–H and O–H groups in total. The molecule has 96 valence electrons. The molecule has 0 heterocycles. The Morgan fingerprint density at radius 3 is 2.76 bits per heavy atom. The van der Waals surface area contributed by atoms with Crippen LogP contribution >= 0.6 is 11.6 Å². The zero-order valence-electron chi connectivity index (χ0n) is 10.7. The lowest BCUT2D eigenvalue weighted by Gasteiger charge is -2.18. The molecule has 0 aliphatic rings. The molecule has 1 unspecified atom stereocenters. The average Bonchev–Trinajstić information content (AvgIpc) is 2.28. The van der Waals surface area contributed by atoms with Gasteiger partial charge in [0.1, 0.15) is 5.75 Å². The predicted octanol–water partition coefficient (Wildman–Crippen LogP) is 2.66. The van der Waals surface area contributed by atoms with E-state index in [2.05, 4.69) is 5.32 Å². The molecule has 0 saturated heterocycles. The highest BCUT2D eigenvalue weighted by Gasteiger charge is 2.14. The van der Waals surface area contributed by atoms with Crippen LogP contribution < -0.4 is 15.8 Å². The van der Waals surface area contributed by atoms with Gasteiger partial charge in [0.2, 0.25) is 0 Å². The van der Waals surface area contributed by atoms with Crippen molar-refractivity contribution in [2.45, 2.75) is 25.8 Å². The molecule has 0 radical (unpaired) electrons. The van der Waals surface area contributed by atoms with Gasteiger partial charge in [0.15, 0.2) is 0 Å². The minimum atomic E-state index is -0.0318. The Morgan fingerprint density at radius 2 is 2.18 bits per heavy atom. The van der Waals surface area contributed by atoms with Crippen LogP contribution in [0.1, 0.15) is 30.0 Å². The average molecular weight is 257 g/mol. The van der Waals surface area contributed by atoms with Crippen molar-refractivity contribution in [3.63, 3.8) is 0 Å². The second kappa shape index (κ2) is 6.84. The number of benzene rings is 1. The molecule has 0 saturated carbocycles. The number of nitrogens with two attached hydrogens (primary N) is 1. The smallest absolute Gasteiger partial charge is 0.126 e. The van der Waals surface area contributed by atoms with Crippen molar-refractivity contribution < 1.29 is 4.74 Å². The summed E-state index contributed by atoms with van der Waals surface area (Å²) in [5.41, 5.74) is 8.20. The Labute approximate surface area is 108 Å². The van der Waals surface area contributed by atoms with Gasteiger partial charge in [-0.1, -0.05) is 11.6 Å². The normalized spacial score (nSPS) is 12.5. The van der Waals surface area contributed by atoms with Crippen molar-refractivity contribution in [2.24, 2.45) is 5.73 Å². The highest BCUT2D eigenvalue weighted by molar-refractivity contribution is 6.30. The monoisotopic (exact) mass is 256 g/mol. The van der Waals surface area contributed by atoms with E-state index < -0.39 is 0 Å². The predicted molar refractivity (Wildman–Crippen MR) is 72.8 cm³/mol. The molecule has 0 aliphatic heterocycles. The standard InChI is InChI=1S/C13H21ClN2O/c1-9-7-10(14)8-11(13(9)17-3)12(15)5-4-6-16-2/h7-8,12,16H,4-6,15H2,1-3H3. The van der Waals surface area contributed by atoms with E-state index in [9.17, 15) is 0 Å². The maximum Gasteiger partial charge on any atom is 0.126 e. The molecule has 17 heavy (non-hydrogen) atoms. The van der Waals surface area contributed by atoms with Gasteiger partial charge in [0.05, 0.1) is 7.11 Å². The minimum Gasteiger partial charge on any atom is -0.496 e. The first kappa shape index (κ1) is 14.3. The van der Waals surface area contributed by atoms with E-state index >= 15 is 0 Å². The number of rotatable bonds is 6. The topological polar surface area (TPSA) is 47.3 Å². The summed E-state index contributed by atoms with van der Waals surface area (Å²) in [6.07, 6.45) is 1.95. The fourth-order valence-corrected chi connectivity index (χ4v) is 2.25. The summed E-state index contributed by atoms with van der Waals surface area (Å²) in [5.74, 6) is 0.853. The Morgan fingerprint density at radius 1 is 1.47 bits per heavy atom. The van der Waals surface area contributed by atoms with Gasteiger partial charge in [-0.3, -0.25) is 0 Å². The molecule has 0 amide bonds. The van der Waals surface area contributed by atoms with Crippen LogP contribution in [0, 0.1) is 6.92 Å². The summed E-state index contributed by atoms with van der Waals surface area (Å²) < 4.78 is 5.40. The van der Waals surface area contributed by atoms with E-state index in [4.69, 9.17) is 22.1 Å². The molecule has 0 aliphatic carbocycles. The van der Waals surface area contributed by atoms with E-state index in [0.29, 0.717) is 5.02 Å². The number of ether oxygens (including phenoxy) is 1. The summed E-state index contributed by atoms with van der Waals surface area (Å²) in [5, 5.41) is 3.82. The Hall–Kier alpha value is -0.770. The molecule has 1 rings (SSSR count). The van der Waals surface area contributed by atoms with E-state index in [-0.39, 0.29) is 6.04 Å². The third-order valence-corrected chi connectivity index (χ3v) is 3.03. The van der Waals surface area contributed by atoms with Crippen LogP contribution in [0.15, 0.2) is 12.1 Å². The number of hydrogen-bond acceptors (Lipinski definition) is 3.